The van der Waals surface area contributed by atoms with Gasteiger partial charge in [0.1, 0.15) is 0 Å². The Hall–Kier alpha value is -0.0800. The lowest BCUT2D eigenvalue weighted by atomic mass is 9.91. The zero-order valence-electron chi connectivity index (χ0n) is 12.5. The zero-order chi connectivity index (χ0) is 12.8. The summed E-state index contributed by atoms with van der Waals surface area (Å²) in [6.45, 7) is 14.1. The van der Waals surface area contributed by atoms with Crippen LogP contribution in [0.4, 0.5) is 0 Å². The maximum atomic E-state index is 3.62. The molecule has 0 bridgehead atoms. The van der Waals surface area contributed by atoms with Crippen molar-refractivity contribution in [3.05, 3.63) is 0 Å². The SMILES string of the molecule is CCCC(CNC(C)C)N1CCC(C)CC1C. The van der Waals surface area contributed by atoms with Gasteiger partial charge >= 0.3 is 0 Å². The van der Waals surface area contributed by atoms with E-state index in [4.69, 9.17) is 0 Å². The molecule has 0 aromatic carbocycles. The molecule has 0 aromatic heterocycles. The van der Waals surface area contributed by atoms with E-state index >= 15 is 0 Å². The molecule has 2 nitrogen and oxygen atoms in total. The minimum absolute atomic E-state index is 0.605. The molecule has 1 rings (SSSR count). The second-order valence-electron chi connectivity index (χ2n) is 6.22. The van der Waals surface area contributed by atoms with Gasteiger partial charge in [0.25, 0.3) is 0 Å². The number of hydrogen-bond acceptors (Lipinski definition) is 2. The van der Waals surface area contributed by atoms with Crippen molar-refractivity contribution >= 4 is 0 Å². The maximum Gasteiger partial charge on any atom is 0.0223 e. The first-order valence-corrected chi connectivity index (χ1v) is 7.53. The molecule has 1 N–H and O–H groups in total. The molecule has 1 saturated heterocycles. The van der Waals surface area contributed by atoms with Crippen LogP contribution in [0.15, 0.2) is 0 Å². The Labute approximate surface area is 108 Å². The minimum Gasteiger partial charge on any atom is -0.313 e. The van der Waals surface area contributed by atoms with Crippen molar-refractivity contribution in [3.63, 3.8) is 0 Å². The summed E-state index contributed by atoms with van der Waals surface area (Å²) in [6, 6.07) is 2.11. The molecule has 0 saturated carbocycles. The molecular formula is C15H32N2. The van der Waals surface area contributed by atoms with Crippen molar-refractivity contribution in [1.29, 1.82) is 0 Å². The van der Waals surface area contributed by atoms with Crippen LogP contribution in [0.3, 0.4) is 0 Å². The lowest BCUT2D eigenvalue weighted by Crippen LogP contribution is -2.51. The van der Waals surface area contributed by atoms with E-state index in [9.17, 15) is 0 Å². The quantitative estimate of drug-likeness (QED) is 0.766. The van der Waals surface area contributed by atoms with Crippen LogP contribution in [0, 0.1) is 5.92 Å². The highest BCUT2D eigenvalue weighted by Crippen LogP contribution is 2.25. The summed E-state index contributed by atoms with van der Waals surface area (Å²) in [7, 11) is 0. The van der Waals surface area contributed by atoms with Crippen LogP contribution >= 0.6 is 0 Å². The average molecular weight is 240 g/mol. The number of likely N-dealkylation sites (tertiary alicyclic amines) is 1. The third-order valence-corrected chi connectivity index (χ3v) is 4.04. The van der Waals surface area contributed by atoms with Gasteiger partial charge in [0, 0.05) is 24.7 Å². The van der Waals surface area contributed by atoms with E-state index in [1.165, 1.54) is 32.2 Å². The molecule has 3 unspecified atom stereocenters. The Morgan fingerprint density at radius 1 is 1.29 bits per heavy atom. The molecule has 0 aliphatic carbocycles. The molecule has 1 heterocycles. The first-order chi connectivity index (χ1) is 8.04. The average Bonchev–Trinajstić information content (AvgIpc) is 2.24. The van der Waals surface area contributed by atoms with E-state index in [1.807, 2.05) is 0 Å². The molecule has 0 spiro atoms. The highest BCUT2D eigenvalue weighted by molar-refractivity contribution is 4.84. The molecule has 0 aromatic rings. The molecule has 3 atom stereocenters. The Bertz CT molecular complexity index is 203. The molecule has 1 fully saturated rings. The predicted molar refractivity (Wildman–Crippen MR) is 76.4 cm³/mol. The van der Waals surface area contributed by atoms with Gasteiger partial charge in [-0.15, -0.1) is 0 Å². The minimum atomic E-state index is 0.605. The Kier molecular flexibility index (Phi) is 6.50. The topological polar surface area (TPSA) is 15.3 Å². The molecule has 102 valence electrons. The molecule has 0 radical (unpaired) electrons. The van der Waals surface area contributed by atoms with Gasteiger partial charge in [-0.25, -0.2) is 0 Å². The number of piperidine rings is 1. The number of nitrogens with zero attached hydrogens (tertiary/aromatic N) is 1. The van der Waals surface area contributed by atoms with E-state index in [0.29, 0.717) is 6.04 Å². The number of hydrogen-bond donors (Lipinski definition) is 1. The van der Waals surface area contributed by atoms with Gasteiger partial charge in [-0.2, -0.15) is 0 Å². The molecule has 2 heteroatoms. The van der Waals surface area contributed by atoms with Crippen molar-refractivity contribution in [2.75, 3.05) is 13.1 Å². The molecule has 0 amide bonds. The summed E-state index contributed by atoms with van der Waals surface area (Å²) in [6.07, 6.45) is 5.38. The van der Waals surface area contributed by atoms with Gasteiger partial charge in [0.15, 0.2) is 0 Å². The Morgan fingerprint density at radius 2 is 2.00 bits per heavy atom. The smallest absolute Gasteiger partial charge is 0.0223 e. The summed E-state index contributed by atoms with van der Waals surface area (Å²) in [5, 5.41) is 3.62. The maximum absolute atomic E-state index is 3.62. The largest absolute Gasteiger partial charge is 0.313 e. The normalized spacial score (nSPS) is 28.6. The first-order valence-electron chi connectivity index (χ1n) is 7.53. The first kappa shape index (κ1) is 15.0. The highest BCUT2D eigenvalue weighted by Gasteiger charge is 2.28. The van der Waals surface area contributed by atoms with Crippen LogP contribution in [0.2, 0.25) is 0 Å². The van der Waals surface area contributed by atoms with E-state index in [2.05, 4.69) is 44.8 Å². The van der Waals surface area contributed by atoms with Gasteiger partial charge in [0.05, 0.1) is 0 Å². The molecule has 1 aliphatic rings. The number of nitrogens with one attached hydrogen (secondary N) is 1. The van der Waals surface area contributed by atoms with E-state index in [1.54, 1.807) is 0 Å². The van der Waals surface area contributed by atoms with Crippen LogP contribution < -0.4 is 5.32 Å². The number of rotatable bonds is 6. The van der Waals surface area contributed by atoms with Gasteiger partial charge < -0.3 is 5.32 Å². The standard InChI is InChI=1S/C15H32N2/c1-6-7-15(11-16-12(2)3)17-9-8-13(4)10-14(17)5/h12-16H,6-11H2,1-5H3. The summed E-state index contributed by atoms with van der Waals surface area (Å²) in [5.74, 6) is 0.918. The van der Waals surface area contributed by atoms with Crippen molar-refractivity contribution in [2.45, 2.75) is 78.4 Å². The zero-order valence-corrected chi connectivity index (χ0v) is 12.5. The fourth-order valence-corrected chi connectivity index (χ4v) is 3.06. The van der Waals surface area contributed by atoms with Crippen molar-refractivity contribution in [3.8, 4) is 0 Å². The lowest BCUT2D eigenvalue weighted by molar-refractivity contribution is 0.0752. The van der Waals surface area contributed by atoms with Crippen molar-refractivity contribution < 1.29 is 0 Å². The highest BCUT2D eigenvalue weighted by atomic mass is 15.2. The second kappa shape index (κ2) is 7.38. The Morgan fingerprint density at radius 3 is 2.53 bits per heavy atom. The van der Waals surface area contributed by atoms with Crippen LogP contribution in [-0.4, -0.2) is 36.1 Å². The fraction of sp³-hybridized carbons (Fsp3) is 1.00. The van der Waals surface area contributed by atoms with E-state index in [-0.39, 0.29) is 0 Å². The van der Waals surface area contributed by atoms with Crippen molar-refractivity contribution in [2.24, 2.45) is 5.92 Å². The summed E-state index contributed by atoms with van der Waals surface area (Å²) in [5.41, 5.74) is 0. The molecular weight excluding hydrogens is 208 g/mol. The van der Waals surface area contributed by atoms with Crippen LogP contribution in [-0.2, 0) is 0 Å². The van der Waals surface area contributed by atoms with Gasteiger partial charge in [-0.05, 0) is 38.6 Å². The second-order valence-corrected chi connectivity index (χ2v) is 6.22. The van der Waals surface area contributed by atoms with Gasteiger partial charge in [-0.1, -0.05) is 34.1 Å². The third kappa shape index (κ3) is 4.97. The van der Waals surface area contributed by atoms with Crippen LogP contribution in [0.1, 0.15) is 60.3 Å². The summed E-state index contributed by atoms with van der Waals surface area (Å²) >= 11 is 0. The van der Waals surface area contributed by atoms with Gasteiger partial charge in [0.2, 0.25) is 0 Å². The summed E-state index contributed by atoms with van der Waals surface area (Å²) < 4.78 is 0. The van der Waals surface area contributed by atoms with E-state index in [0.717, 1.165) is 24.5 Å². The molecule has 17 heavy (non-hydrogen) atoms. The Balaban J connectivity index is 2.50. The van der Waals surface area contributed by atoms with Crippen LogP contribution in [0.25, 0.3) is 0 Å². The molecule has 1 aliphatic heterocycles. The predicted octanol–water partition coefficient (Wildman–Crippen LogP) is 3.27. The van der Waals surface area contributed by atoms with Crippen molar-refractivity contribution in [1.82, 2.24) is 10.2 Å². The van der Waals surface area contributed by atoms with Crippen LogP contribution in [0.5, 0.6) is 0 Å². The van der Waals surface area contributed by atoms with Gasteiger partial charge in [-0.3, -0.25) is 4.90 Å². The lowest BCUT2D eigenvalue weighted by Gasteiger charge is -2.42. The fourth-order valence-electron chi connectivity index (χ4n) is 3.06. The van der Waals surface area contributed by atoms with E-state index < -0.39 is 0 Å². The summed E-state index contributed by atoms with van der Waals surface area (Å²) in [4.78, 5) is 2.75. The third-order valence-electron chi connectivity index (χ3n) is 4.04. The monoisotopic (exact) mass is 240 g/mol.